The summed E-state index contributed by atoms with van der Waals surface area (Å²) in [7, 11) is 1.96. The Balaban J connectivity index is 3.05. The first-order valence-corrected chi connectivity index (χ1v) is 5.28. The Hall–Kier alpha value is -1.27. The molecule has 0 amide bonds. The predicted octanol–water partition coefficient (Wildman–Crippen LogP) is 1.71. The van der Waals surface area contributed by atoms with Crippen LogP contribution in [-0.2, 0) is 7.05 Å². The van der Waals surface area contributed by atoms with Crippen molar-refractivity contribution in [2.75, 3.05) is 6.54 Å². The molecular weight excluding hydrogens is 186 g/mol. The number of nitrogens with zero attached hydrogens (tertiary/aromatic N) is 2. The molecule has 0 fully saturated rings. The van der Waals surface area contributed by atoms with Crippen molar-refractivity contribution in [3.63, 3.8) is 0 Å². The Bertz CT molecular complexity index is 371. The van der Waals surface area contributed by atoms with Crippen LogP contribution in [0.3, 0.4) is 0 Å². The fourth-order valence-corrected chi connectivity index (χ4v) is 1.93. The van der Waals surface area contributed by atoms with Crippen molar-refractivity contribution in [3.8, 4) is 12.3 Å². The molecule has 1 atom stereocenters. The predicted molar refractivity (Wildman–Crippen MR) is 62.5 cm³/mol. The third kappa shape index (κ3) is 2.40. The van der Waals surface area contributed by atoms with Gasteiger partial charge in [0, 0.05) is 30.8 Å². The average Bonchev–Trinajstić information content (AvgIpc) is 2.41. The molecule has 0 radical (unpaired) electrons. The zero-order chi connectivity index (χ0) is 11.4. The summed E-state index contributed by atoms with van der Waals surface area (Å²) in [4.78, 5) is 0. The van der Waals surface area contributed by atoms with Crippen molar-refractivity contribution >= 4 is 0 Å². The maximum absolute atomic E-state index is 5.39. The first kappa shape index (κ1) is 11.8. The molecule has 15 heavy (non-hydrogen) atoms. The zero-order valence-electron chi connectivity index (χ0n) is 9.96. The Kier molecular flexibility index (Phi) is 3.93. The van der Waals surface area contributed by atoms with Gasteiger partial charge in [0.05, 0.1) is 5.69 Å². The van der Waals surface area contributed by atoms with E-state index in [-0.39, 0.29) is 6.04 Å². The fourth-order valence-electron chi connectivity index (χ4n) is 1.93. The highest BCUT2D eigenvalue weighted by atomic mass is 15.3. The van der Waals surface area contributed by atoms with E-state index in [1.54, 1.807) is 0 Å². The van der Waals surface area contributed by atoms with Crippen LogP contribution in [0.15, 0.2) is 0 Å². The largest absolute Gasteiger partial charge is 0.309 e. The van der Waals surface area contributed by atoms with Crippen molar-refractivity contribution in [3.05, 3.63) is 17.0 Å². The quantitative estimate of drug-likeness (QED) is 0.758. The van der Waals surface area contributed by atoms with E-state index in [4.69, 9.17) is 6.42 Å². The molecule has 0 saturated carbocycles. The second-order valence-electron chi connectivity index (χ2n) is 3.73. The van der Waals surface area contributed by atoms with Gasteiger partial charge in [-0.05, 0) is 20.4 Å². The number of rotatable bonds is 4. The Labute approximate surface area is 91.9 Å². The van der Waals surface area contributed by atoms with Gasteiger partial charge in [-0.2, -0.15) is 5.10 Å². The molecule has 3 nitrogen and oxygen atoms in total. The number of aromatic nitrogens is 2. The molecular formula is C12H19N3. The normalized spacial score (nSPS) is 12.5. The van der Waals surface area contributed by atoms with Gasteiger partial charge in [-0.3, -0.25) is 4.68 Å². The molecule has 0 saturated heterocycles. The SMILES string of the molecule is C#CCC(NCC)c1c(C)nn(C)c1C. The Morgan fingerprint density at radius 3 is 2.60 bits per heavy atom. The van der Waals surface area contributed by atoms with Crippen LogP contribution in [0.25, 0.3) is 0 Å². The van der Waals surface area contributed by atoms with Crippen molar-refractivity contribution in [1.82, 2.24) is 15.1 Å². The molecule has 1 rings (SSSR count). The summed E-state index contributed by atoms with van der Waals surface area (Å²) >= 11 is 0. The van der Waals surface area contributed by atoms with Gasteiger partial charge < -0.3 is 5.32 Å². The van der Waals surface area contributed by atoms with Gasteiger partial charge in [-0.1, -0.05) is 6.92 Å². The smallest absolute Gasteiger partial charge is 0.0644 e. The van der Waals surface area contributed by atoms with Crippen LogP contribution >= 0.6 is 0 Å². The van der Waals surface area contributed by atoms with Crippen LogP contribution in [0.5, 0.6) is 0 Å². The van der Waals surface area contributed by atoms with E-state index in [1.807, 2.05) is 18.7 Å². The second kappa shape index (κ2) is 4.99. The van der Waals surface area contributed by atoms with Gasteiger partial charge >= 0.3 is 0 Å². The van der Waals surface area contributed by atoms with Gasteiger partial charge in [-0.15, -0.1) is 12.3 Å². The van der Waals surface area contributed by atoms with Crippen LogP contribution in [0.1, 0.15) is 36.3 Å². The van der Waals surface area contributed by atoms with E-state index < -0.39 is 0 Å². The third-order valence-corrected chi connectivity index (χ3v) is 2.69. The molecule has 82 valence electrons. The number of hydrogen-bond acceptors (Lipinski definition) is 2. The van der Waals surface area contributed by atoms with Crippen molar-refractivity contribution in [2.45, 2.75) is 33.2 Å². The van der Waals surface area contributed by atoms with E-state index in [0.29, 0.717) is 6.42 Å². The zero-order valence-corrected chi connectivity index (χ0v) is 9.96. The average molecular weight is 205 g/mol. The van der Waals surface area contributed by atoms with Gasteiger partial charge in [0.2, 0.25) is 0 Å². The van der Waals surface area contributed by atoms with E-state index in [9.17, 15) is 0 Å². The maximum Gasteiger partial charge on any atom is 0.0644 e. The minimum atomic E-state index is 0.230. The summed E-state index contributed by atoms with van der Waals surface area (Å²) in [6.07, 6.45) is 6.10. The van der Waals surface area contributed by atoms with E-state index >= 15 is 0 Å². The van der Waals surface area contributed by atoms with E-state index in [1.165, 1.54) is 11.3 Å². The number of nitrogens with one attached hydrogen (secondary N) is 1. The van der Waals surface area contributed by atoms with Gasteiger partial charge in [0.15, 0.2) is 0 Å². The van der Waals surface area contributed by atoms with E-state index in [2.05, 4.69) is 30.2 Å². The Morgan fingerprint density at radius 1 is 1.53 bits per heavy atom. The van der Waals surface area contributed by atoms with Crippen molar-refractivity contribution in [2.24, 2.45) is 7.05 Å². The monoisotopic (exact) mass is 205 g/mol. The molecule has 1 N–H and O–H groups in total. The van der Waals surface area contributed by atoms with Crippen LogP contribution in [0.4, 0.5) is 0 Å². The minimum absolute atomic E-state index is 0.230. The first-order valence-electron chi connectivity index (χ1n) is 5.28. The van der Waals surface area contributed by atoms with E-state index in [0.717, 1.165) is 12.2 Å². The number of hydrogen-bond donors (Lipinski definition) is 1. The maximum atomic E-state index is 5.39. The summed E-state index contributed by atoms with van der Waals surface area (Å²) in [6, 6.07) is 0.230. The molecule has 1 aromatic rings. The van der Waals surface area contributed by atoms with Gasteiger partial charge in [0.1, 0.15) is 0 Å². The Morgan fingerprint density at radius 2 is 2.20 bits per heavy atom. The lowest BCUT2D eigenvalue weighted by molar-refractivity contribution is 0.559. The van der Waals surface area contributed by atoms with Crippen molar-refractivity contribution < 1.29 is 0 Å². The van der Waals surface area contributed by atoms with Gasteiger partial charge in [0.25, 0.3) is 0 Å². The number of aryl methyl sites for hydroxylation is 2. The summed E-state index contributed by atoms with van der Waals surface area (Å²) in [5.74, 6) is 2.72. The lowest BCUT2D eigenvalue weighted by atomic mass is 10.0. The molecule has 0 aliphatic rings. The molecule has 1 aromatic heterocycles. The van der Waals surface area contributed by atoms with Crippen molar-refractivity contribution in [1.29, 1.82) is 0 Å². The molecule has 1 heterocycles. The molecule has 0 spiro atoms. The summed E-state index contributed by atoms with van der Waals surface area (Å²) in [5.41, 5.74) is 3.50. The standard InChI is InChI=1S/C12H19N3/c1-6-8-11(13-7-2)12-9(3)14-15(5)10(12)4/h1,11,13H,7-8H2,2-5H3. The molecule has 0 aliphatic heterocycles. The van der Waals surface area contributed by atoms with Crippen LogP contribution in [0.2, 0.25) is 0 Å². The lowest BCUT2D eigenvalue weighted by Gasteiger charge is -2.15. The summed E-state index contributed by atoms with van der Waals surface area (Å²) in [5, 5.41) is 7.80. The second-order valence-corrected chi connectivity index (χ2v) is 3.73. The highest BCUT2D eigenvalue weighted by molar-refractivity contribution is 5.29. The summed E-state index contributed by atoms with van der Waals surface area (Å²) in [6.45, 7) is 7.12. The summed E-state index contributed by atoms with van der Waals surface area (Å²) < 4.78 is 1.91. The highest BCUT2D eigenvalue weighted by Gasteiger charge is 2.18. The highest BCUT2D eigenvalue weighted by Crippen LogP contribution is 2.23. The van der Waals surface area contributed by atoms with Crippen LogP contribution < -0.4 is 5.32 Å². The molecule has 0 aromatic carbocycles. The molecule has 3 heteroatoms. The third-order valence-electron chi connectivity index (χ3n) is 2.69. The minimum Gasteiger partial charge on any atom is -0.309 e. The number of terminal acetylenes is 1. The lowest BCUT2D eigenvalue weighted by Crippen LogP contribution is -2.21. The van der Waals surface area contributed by atoms with Crippen LogP contribution in [0, 0.1) is 26.2 Å². The first-order chi connectivity index (χ1) is 7.11. The molecule has 1 unspecified atom stereocenters. The van der Waals surface area contributed by atoms with Crippen LogP contribution in [-0.4, -0.2) is 16.3 Å². The molecule has 0 bridgehead atoms. The molecule has 0 aliphatic carbocycles. The topological polar surface area (TPSA) is 29.9 Å². The fraction of sp³-hybridized carbons (Fsp3) is 0.583. The van der Waals surface area contributed by atoms with Gasteiger partial charge in [-0.25, -0.2) is 0 Å².